The molecule has 0 radical (unpaired) electrons. The second-order valence-corrected chi connectivity index (χ2v) is 8.06. The molecule has 3 unspecified atom stereocenters. The number of hydrogen-bond donors (Lipinski definition) is 2. The Kier molecular flexibility index (Phi) is 4.22. The largest absolute Gasteiger partial charge is 0.389 e. The monoisotopic (exact) mass is 388 g/mol. The average Bonchev–Trinajstić information content (AvgIpc) is 3.39. The Bertz CT molecular complexity index is 1160. The number of halogens is 1. The van der Waals surface area contributed by atoms with E-state index >= 15 is 0 Å². The van der Waals surface area contributed by atoms with Gasteiger partial charge in [-0.25, -0.2) is 4.98 Å². The van der Waals surface area contributed by atoms with Crippen LogP contribution in [-0.4, -0.2) is 15.1 Å². The van der Waals surface area contributed by atoms with Gasteiger partial charge in [0.1, 0.15) is 5.82 Å². The van der Waals surface area contributed by atoms with Crippen LogP contribution in [0.5, 0.6) is 0 Å². The standard InChI is InChI=1S/C24H21ClN2O/c1-14(28)18-7-2-3-8-19(18)16-9-10-22-23(12-16)27-24(26-22)21-13-20(21)15-5-4-6-17(25)11-15/h2-12,14,20-21,28H,13H2,1H3,(H,26,27). The number of rotatable bonds is 4. The van der Waals surface area contributed by atoms with Crippen molar-refractivity contribution in [3.05, 3.63) is 88.7 Å². The summed E-state index contributed by atoms with van der Waals surface area (Å²) in [5.41, 5.74) is 6.34. The minimum absolute atomic E-state index is 0.416. The first-order chi connectivity index (χ1) is 13.6. The van der Waals surface area contributed by atoms with E-state index in [1.54, 1.807) is 6.92 Å². The second kappa shape index (κ2) is 6.77. The lowest BCUT2D eigenvalue weighted by atomic mass is 9.96. The van der Waals surface area contributed by atoms with Gasteiger partial charge in [0, 0.05) is 10.9 Å². The fraction of sp³-hybridized carbons (Fsp3) is 0.208. The first-order valence-electron chi connectivity index (χ1n) is 9.62. The van der Waals surface area contributed by atoms with Crippen molar-refractivity contribution in [1.29, 1.82) is 0 Å². The molecule has 140 valence electrons. The van der Waals surface area contributed by atoms with E-state index < -0.39 is 6.10 Å². The molecule has 3 nitrogen and oxygen atoms in total. The number of H-pyrrole nitrogens is 1. The van der Waals surface area contributed by atoms with E-state index in [4.69, 9.17) is 16.6 Å². The van der Waals surface area contributed by atoms with Crippen molar-refractivity contribution in [2.45, 2.75) is 31.3 Å². The maximum absolute atomic E-state index is 10.1. The van der Waals surface area contributed by atoms with Crippen LogP contribution in [0.3, 0.4) is 0 Å². The maximum Gasteiger partial charge on any atom is 0.110 e. The van der Waals surface area contributed by atoms with Crippen LogP contribution in [0, 0.1) is 0 Å². The molecular weight excluding hydrogens is 368 g/mol. The number of nitrogens with zero attached hydrogens (tertiary/aromatic N) is 1. The molecule has 0 saturated heterocycles. The Morgan fingerprint density at radius 2 is 1.89 bits per heavy atom. The van der Waals surface area contributed by atoms with Crippen LogP contribution in [0.4, 0.5) is 0 Å². The number of nitrogens with one attached hydrogen (secondary N) is 1. The van der Waals surface area contributed by atoms with Crippen molar-refractivity contribution >= 4 is 22.6 Å². The molecule has 0 bridgehead atoms. The van der Waals surface area contributed by atoms with Gasteiger partial charge in [-0.1, -0.05) is 54.1 Å². The highest BCUT2D eigenvalue weighted by atomic mass is 35.5. The molecular formula is C24H21ClN2O. The first kappa shape index (κ1) is 17.5. The summed E-state index contributed by atoms with van der Waals surface area (Å²) in [7, 11) is 0. The van der Waals surface area contributed by atoms with E-state index in [2.05, 4.69) is 35.3 Å². The van der Waals surface area contributed by atoms with Crippen LogP contribution in [0.2, 0.25) is 5.02 Å². The lowest BCUT2D eigenvalue weighted by Crippen LogP contribution is -1.94. The van der Waals surface area contributed by atoms with Crippen molar-refractivity contribution in [3.63, 3.8) is 0 Å². The highest BCUT2D eigenvalue weighted by molar-refractivity contribution is 6.30. The Balaban J connectivity index is 1.47. The van der Waals surface area contributed by atoms with Crippen LogP contribution in [0.15, 0.2) is 66.7 Å². The third kappa shape index (κ3) is 3.11. The van der Waals surface area contributed by atoms with Gasteiger partial charge in [0.15, 0.2) is 0 Å². The summed E-state index contributed by atoms with van der Waals surface area (Å²) in [6.07, 6.45) is 0.587. The Labute approximate surface area is 169 Å². The van der Waals surface area contributed by atoms with Gasteiger partial charge in [-0.3, -0.25) is 0 Å². The molecule has 4 aromatic rings. The molecule has 2 N–H and O–H groups in total. The minimum Gasteiger partial charge on any atom is -0.389 e. The summed E-state index contributed by atoms with van der Waals surface area (Å²) < 4.78 is 0. The smallest absolute Gasteiger partial charge is 0.110 e. The molecule has 1 fully saturated rings. The third-order valence-corrected chi connectivity index (χ3v) is 5.88. The van der Waals surface area contributed by atoms with Gasteiger partial charge in [0.2, 0.25) is 0 Å². The number of hydrogen-bond acceptors (Lipinski definition) is 2. The number of aliphatic hydroxyl groups excluding tert-OH is 1. The maximum atomic E-state index is 10.1. The highest BCUT2D eigenvalue weighted by Crippen LogP contribution is 2.54. The number of aromatic nitrogens is 2. The van der Waals surface area contributed by atoms with E-state index in [9.17, 15) is 5.11 Å². The topological polar surface area (TPSA) is 48.9 Å². The lowest BCUT2D eigenvalue weighted by Gasteiger charge is -2.11. The predicted molar refractivity (Wildman–Crippen MR) is 114 cm³/mol. The summed E-state index contributed by atoms with van der Waals surface area (Å²) in [4.78, 5) is 8.38. The third-order valence-electron chi connectivity index (χ3n) is 5.64. The molecule has 1 aliphatic rings. The zero-order valence-corrected chi connectivity index (χ0v) is 16.3. The molecule has 1 aliphatic carbocycles. The average molecular weight is 389 g/mol. The van der Waals surface area contributed by atoms with E-state index in [1.807, 2.05) is 36.4 Å². The van der Waals surface area contributed by atoms with Gasteiger partial charge in [0.05, 0.1) is 17.1 Å². The zero-order valence-electron chi connectivity index (χ0n) is 15.6. The molecule has 1 heterocycles. The van der Waals surface area contributed by atoms with E-state index in [-0.39, 0.29) is 0 Å². The first-order valence-corrected chi connectivity index (χ1v) is 10.0. The van der Waals surface area contributed by atoms with E-state index in [0.717, 1.165) is 45.0 Å². The quantitative estimate of drug-likeness (QED) is 0.436. The summed E-state index contributed by atoms with van der Waals surface area (Å²) >= 11 is 6.14. The number of imidazole rings is 1. The highest BCUT2D eigenvalue weighted by Gasteiger charge is 2.41. The molecule has 28 heavy (non-hydrogen) atoms. The van der Waals surface area contributed by atoms with Crippen molar-refractivity contribution in [1.82, 2.24) is 9.97 Å². The normalized spacial score (nSPS) is 19.7. The van der Waals surface area contributed by atoms with Gasteiger partial charge in [-0.15, -0.1) is 0 Å². The SMILES string of the molecule is CC(O)c1ccccc1-c1ccc2[nH]c(C3CC3c3cccc(Cl)c3)nc2c1. The van der Waals surface area contributed by atoms with Gasteiger partial charge in [0.25, 0.3) is 0 Å². The number of aliphatic hydroxyl groups is 1. The second-order valence-electron chi connectivity index (χ2n) is 7.62. The van der Waals surface area contributed by atoms with Crippen LogP contribution in [0.25, 0.3) is 22.2 Å². The molecule has 3 aromatic carbocycles. The van der Waals surface area contributed by atoms with Gasteiger partial charge in [-0.05, 0) is 65.8 Å². The van der Waals surface area contributed by atoms with Crippen molar-refractivity contribution in [2.24, 2.45) is 0 Å². The van der Waals surface area contributed by atoms with Gasteiger partial charge >= 0.3 is 0 Å². The van der Waals surface area contributed by atoms with Crippen molar-refractivity contribution in [2.75, 3.05) is 0 Å². The summed E-state index contributed by atoms with van der Waals surface area (Å²) in [6.45, 7) is 1.80. The molecule has 1 saturated carbocycles. The molecule has 3 atom stereocenters. The van der Waals surface area contributed by atoms with Crippen molar-refractivity contribution in [3.8, 4) is 11.1 Å². The molecule has 1 aromatic heterocycles. The fourth-order valence-corrected chi connectivity index (χ4v) is 4.29. The Morgan fingerprint density at radius 3 is 2.71 bits per heavy atom. The molecule has 0 aliphatic heterocycles. The summed E-state index contributed by atoms with van der Waals surface area (Å²) in [6, 6.07) is 22.4. The minimum atomic E-state index is -0.508. The van der Waals surface area contributed by atoms with E-state index in [0.29, 0.717) is 11.8 Å². The molecule has 0 spiro atoms. The molecule has 5 rings (SSSR count). The van der Waals surface area contributed by atoms with E-state index in [1.165, 1.54) is 5.56 Å². The van der Waals surface area contributed by atoms with Crippen LogP contribution in [0.1, 0.15) is 48.2 Å². The van der Waals surface area contributed by atoms with Crippen LogP contribution < -0.4 is 0 Å². The van der Waals surface area contributed by atoms with Crippen molar-refractivity contribution < 1.29 is 5.11 Å². The number of aromatic amines is 1. The fourth-order valence-electron chi connectivity index (χ4n) is 4.10. The summed E-state index contributed by atoms with van der Waals surface area (Å²) in [5.74, 6) is 1.94. The zero-order chi connectivity index (χ0) is 19.3. The molecule has 0 amide bonds. The Hall–Kier alpha value is -2.62. The lowest BCUT2D eigenvalue weighted by molar-refractivity contribution is 0.200. The Morgan fingerprint density at radius 1 is 1.04 bits per heavy atom. The van der Waals surface area contributed by atoms with Gasteiger partial charge in [-0.2, -0.15) is 0 Å². The summed E-state index contributed by atoms with van der Waals surface area (Å²) in [5, 5.41) is 10.9. The molecule has 4 heteroatoms. The number of benzene rings is 3. The van der Waals surface area contributed by atoms with Crippen LogP contribution >= 0.6 is 11.6 Å². The number of fused-ring (bicyclic) bond motifs is 1. The predicted octanol–water partition coefficient (Wildman–Crippen LogP) is 6.21. The van der Waals surface area contributed by atoms with Gasteiger partial charge < -0.3 is 10.1 Å². The van der Waals surface area contributed by atoms with Crippen LogP contribution in [-0.2, 0) is 0 Å².